The molecule has 0 saturated carbocycles. The van der Waals surface area contributed by atoms with E-state index in [-0.39, 0.29) is 29.4 Å². The van der Waals surface area contributed by atoms with E-state index in [1.165, 1.54) is 7.11 Å². The number of methoxy groups -OCH3 is 1. The fourth-order valence-electron chi connectivity index (χ4n) is 2.96. The molecule has 140 valence electrons. The van der Waals surface area contributed by atoms with Crippen LogP contribution in [-0.2, 0) is 18.4 Å². The molecule has 0 saturated heterocycles. The molecule has 2 aromatic rings. The van der Waals surface area contributed by atoms with Gasteiger partial charge >= 0.3 is 0 Å². The maximum Gasteiger partial charge on any atom is 0.272 e. The van der Waals surface area contributed by atoms with Gasteiger partial charge < -0.3 is 14.0 Å². The summed E-state index contributed by atoms with van der Waals surface area (Å²) in [7, 11) is 2.94. The van der Waals surface area contributed by atoms with Gasteiger partial charge in [0.15, 0.2) is 23.1 Å². The lowest BCUT2D eigenvalue weighted by atomic mass is 9.96. The van der Waals surface area contributed by atoms with E-state index in [9.17, 15) is 24.1 Å². The molecule has 0 radical (unpaired) electrons. The van der Waals surface area contributed by atoms with Gasteiger partial charge in [-0.3, -0.25) is 19.7 Å². The minimum absolute atomic E-state index is 0.0537. The number of carbonyl (C=O) groups is 2. The van der Waals surface area contributed by atoms with E-state index in [0.717, 1.165) is 24.3 Å². The van der Waals surface area contributed by atoms with Crippen molar-refractivity contribution in [1.29, 1.82) is 0 Å². The second-order valence-electron chi connectivity index (χ2n) is 5.91. The number of Topliss-reactive ketones (excluding diaryl/α,β-unsaturated/α-hetero) is 1. The smallest absolute Gasteiger partial charge is 0.272 e. The van der Waals surface area contributed by atoms with Gasteiger partial charge in [-0.2, -0.15) is 0 Å². The molecule has 1 aliphatic rings. The van der Waals surface area contributed by atoms with Crippen molar-refractivity contribution in [2.24, 2.45) is 7.05 Å². The maximum absolute atomic E-state index is 14.0. The van der Waals surface area contributed by atoms with Gasteiger partial charge in [0.1, 0.15) is 12.3 Å². The van der Waals surface area contributed by atoms with E-state index < -0.39 is 28.0 Å². The molecule has 0 atom stereocenters. The SMILES string of the molecule is COC1=CC(=O)c2c(COc3ccc([N+](=O)[O-])cc3F)c(C)n(C)c2C1=O. The molecule has 1 heterocycles. The number of rotatable bonds is 5. The van der Waals surface area contributed by atoms with Gasteiger partial charge in [0.25, 0.3) is 5.69 Å². The number of allylic oxidation sites excluding steroid dienone is 2. The number of hydrogen-bond acceptors (Lipinski definition) is 6. The summed E-state index contributed by atoms with van der Waals surface area (Å²) in [5.41, 5.74) is 1.01. The average Bonchev–Trinajstić information content (AvgIpc) is 2.89. The molecule has 0 amide bonds. The van der Waals surface area contributed by atoms with Crippen molar-refractivity contribution in [2.45, 2.75) is 13.5 Å². The zero-order chi connectivity index (χ0) is 19.9. The van der Waals surface area contributed by atoms with Crippen LogP contribution < -0.4 is 4.74 Å². The van der Waals surface area contributed by atoms with E-state index in [1.54, 1.807) is 18.5 Å². The Kier molecular flexibility index (Phi) is 4.52. The van der Waals surface area contributed by atoms with E-state index in [0.29, 0.717) is 11.3 Å². The highest BCUT2D eigenvalue weighted by Crippen LogP contribution is 2.31. The maximum atomic E-state index is 14.0. The number of non-ortho nitro benzene ring substituents is 1. The van der Waals surface area contributed by atoms with Gasteiger partial charge in [-0.25, -0.2) is 4.39 Å². The monoisotopic (exact) mass is 374 g/mol. The van der Waals surface area contributed by atoms with Crippen molar-refractivity contribution in [2.75, 3.05) is 7.11 Å². The Morgan fingerprint density at radius 3 is 2.59 bits per heavy atom. The summed E-state index contributed by atoms with van der Waals surface area (Å²) in [6, 6.07) is 3.02. The minimum Gasteiger partial charge on any atom is -0.492 e. The topological polar surface area (TPSA) is 101 Å². The molecule has 0 bridgehead atoms. The number of carbonyl (C=O) groups excluding carboxylic acids is 2. The molecule has 27 heavy (non-hydrogen) atoms. The van der Waals surface area contributed by atoms with Crippen LogP contribution in [0.1, 0.15) is 32.1 Å². The quantitative estimate of drug-likeness (QED) is 0.589. The fourth-order valence-corrected chi connectivity index (χ4v) is 2.96. The van der Waals surface area contributed by atoms with Gasteiger partial charge in [0.2, 0.25) is 5.78 Å². The third-order valence-corrected chi connectivity index (χ3v) is 4.48. The van der Waals surface area contributed by atoms with Crippen LogP contribution in [0.4, 0.5) is 10.1 Å². The van der Waals surface area contributed by atoms with Crippen molar-refractivity contribution in [1.82, 2.24) is 4.57 Å². The molecule has 3 rings (SSSR count). The van der Waals surface area contributed by atoms with E-state index in [1.807, 2.05) is 0 Å². The number of nitrogens with zero attached hydrogens (tertiary/aromatic N) is 2. The summed E-state index contributed by atoms with van der Waals surface area (Å²) in [6.45, 7) is 1.52. The third kappa shape index (κ3) is 2.97. The first-order valence-electron chi connectivity index (χ1n) is 7.85. The lowest BCUT2D eigenvalue weighted by Gasteiger charge is -2.13. The van der Waals surface area contributed by atoms with Crippen molar-refractivity contribution < 1.29 is 28.4 Å². The van der Waals surface area contributed by atoms with Gasteiger partial charge in [-0.1, -0.05) is 0 Å². The molecule has 1 aromatic heterocycles. The van der Waals surface area contributed by atoms with Crippen LogP contribution >= 0.6 is 0 Å². The zero-order valence-electron chi connectivity index (χ0n) is 14.7. The first-order chi connectivity index (χ1) is 12.8. The van der Waals surface area contributed by atoms with Crippen LogP contribution in [0.3, 0.4) is 0 Å². The second-order valence-corrected chi connectivity index (χ2v) is 5.91. The summed E-state index contributed by atoms with van der Waals surface area (Å²) in [5.74, 6) is -1.98. The minimum atomic E-state index is -0.893. The summed E-state index contributed by atoms with van der Waals surface area (Å²) < 4.78 is 26.0. The van der Waals surface area contributed by atoms with Crippen LogP contribution in [-0.4, -0.2) is 28.2 Å². The number of nitro groups is 1. The van der Waals surface area contributed by atoms with Crippen molar-refractivity contribution >= 4 is 17.3 Å². The van der Waals surface area contributed by atoms with E-state index in [2.05, 4.69) is 0 Å². The average molecular weight is 374 g/mol. The summed E-state index contributed by atoms with van der Waals surface area (Å²) in [4.78, 5) is 34.9. The van der Waals surface area contributed by atoms with Crippen molar-refractivity contribution in [3.63, 3.8) is 0 Å². The number of nitro benzene ring substituents is 1. The third-order valence-electron chi connectivity index (χ3n) is 4.48. The number of halogens is 1. The molecule has 9 heteroatoms. The fraction of sp³-hybridized carbons (Fsp3) is 0.222. The number of fused-ring (bicyclic) bond motifs is 1. The Balaban J connectivity index is 1.95. The summed E-state index contributed by atoms with van der Waals surface area (Å²) in [5, 5.41) is 10.7. The normalized spacial score (nSPS) is 13.3. The number of ether oxygens (including phenoxy) is 2. The predicted octanol–water partition coefficient (Wildman–Crippen LogP) is 2.87. The predicted molar refractivity (Wildman–Crippen MR) is 91.3 cm³/mol. The van der Waals surface area contributed by atoms with E-state index >= 15 is 0 Å². The van der Waals surface area contributed by atoms with Crippen LogP contribution in [0.15, 0.2) is 30.0 Å². The Morgan fingerprint density at radius 1 is 1.30 bits per heavy atom. The molecule has 0 unspecified atom stereocenters. The Morgan fingerprint density at radius 2 is 2.00 bits per heavy atom. The van der Waals surface area contributed by atoms with Crippen molar-refractivity contribution in [3.05, 3.63) is 68.5 Å². The van der Waals surface area contributed by atoms with Crippen LogP contribution in [0.2, 0.25) is 0 Å². The summed E-state index contributed by atoms with van der Waals surface area (Å²) in [6.07, 6.45) is 1.11. The second kappa shape index (κ2) is 6.67. The molecule has 0 spiro atoms. The molecular formula is C18H15FN2O6. The standard InChI is InChI=1S/C18H15FN2O6/c1-9-11(8-27-14-5-4-10(21(24)25)6-12(14)19)16-13(22)7-15(26-3)18(23)17(16)20(9)2/h4-7H,8H2,1-3H3. The Hall–Kier alpha value is -3.49. The molecular weight excluding hydrogens is 359 g/mol. The summed E-state index contributed by atoms with van der Waals surface area (Å²) >= 11 is 0. The Bertz CT molecular complexity index is 1020. The van der Waals surface area contributed by atoms with Gasteiger partial charge in [-0.05, 0) is 13.0 Å². The highest BCUT2D eigenvalue weighted by Gasteiger charge is 2.34. The van der Waals surface area contributed by atoms with Crippen LogP contribution in [0, 0.1) is 22.9 Å². The largest absolute Gasteiger partial charge is 0.492 e. The zero-order valence-corrected chi connectivity index (χ0v) is 14.7. The lowest BCUT2D eigenvalue weighted by Crippen LogP contribution is -2.20. The molecule has 8 nitrogen and oxygen atoms in total. The molecule has 1 aliphatic carbocycles. The molecule has 0 fully saturated rings. The lowest BCUT2D eigenvalue weighted by molar-refractivity contribution is -0.385. The number of hydrogen-bond donors (Lipinski definition) is 0. The first-order valence-corrected chi connectivity index (χ1v) is 7.85. The number of benzene rings is 1. The van der Waals surface area contributed by atoms with Crippen molar-refractivity contribution in [3.8, 4) is 5.75 Å². The molecule has 0 N–H and O–H groups in total. The van der Waals surface area contributed by atoms with E-state index in [4.69, 9.17) is 9.47 Å². The van der Waals surface area contributed by atoms with Gasteiger partial charge in [0, 0.05) is 30.4 Å². The Labute approximate surface area is 153 Å². The van der Waals surface area contributed by atoms with Crippen LogP contribution in [0.25, 0.3) is 0 Å². The molecule has 1 aromatic carbocycles. The highest BCUT2D eigenvalue weighted by atomic mass is 19.1. The number of ketones is 2. The highest BCUT2D eigenvalue weighted by molar-refractivity contribution is 6.24. The van der Waals surface area contributed by atoms with Gasteiger partial charge in [0.05, 0.1) is 23.7 Å². The van der Waals surface area contributed by atoms with Gasteiger partial charge in [-0.15, -0.1) is 0 Å². The molecule has 0 aliphatic heterocycles. The number of aromatic nitrogens is 1. The van der Waals surface area contributed by atoms with Crippen LogP contribution in [0.5, 0.6) is 5.75 Å². The first kappa shape index (κ1) is 18.3.